The maximum Gasteiger partial charge on any atom is 0.418 e. The largest absolute Gasteiger partial charge is 0.418 e. The Morgan fingerprint density at radius 1 is 1.08 bits per heavy atom. The summed E-state index contributed by atoms with van der Waals surface area (Å²) >= 11 is 5.59. The van der Waals surface area contributed by atoms with Gasteiger partial charge >= 0.3 is 6.18 Å². The van der Waals surface area contributed by atoms with E-state index in [1.165, 1.54) is 18.2 Å². The summed E-state index contributed by atoms with van der Waals surface area (Å²) in [6.45, 7) is 4.07. The number of anilines is 1. The number of benzene rings is 2. The zero-order valence-corrected chi connectivity index (χ0v) is 15.1. The molecule has 0 heterocycles. The minimum Gasteiger partial charge on any atom is -0.279 e. The highest BCUT2D eigenvalue weighted by atomic mass is 35.5. The molecular weight excluding hydrogens is 375 g/mol. The van der Waals surface area contributed by atoms with Crippen LogP contribution in [-0.2, 0) is 22.6 Å². The molecule has 0 radical (unpaired) electrons. The summed E-state index contributed by atoms with van der Waals surface area (Å²) in [6.07, 6.45) is -3.95. The lowest BCUT2D eigenvalue weighted by Crippen LogP contribution is -2.17. The van der Waals surface area contributed by atoms with Gasteiger partial charge in [0.1, 0.15) is 0 Å². The Balaban J connectivity index is 2.33. The van der Waals surface area contributed by atoms with Gasteiger partial charge in [-0.05, 0) is 48.2 Å². The average molecular weight is 392 g/mol. The van der Waals surface area contributed by atoms with Gasteiger partial charge in [-0.1, -0.05) is 37.6 Å². The van der Waals surface area contributed by atoms with Gasteiger partial charge in [0.2, 0.25) is 0 Å². The van der Waals surface area contributed by atoms with Gasteiger partial charge in [0, 0.05) is 5.02 Å². The van der Waals surface area contributed by atoms with Crippen molar-refractivity contribution in [3.63, 3.8) is 0 Å². The normalized spacial score (nSPS) is 12.4. The van der Waals surface area contributed by atoms with Gasteiger partial charge in [-0.3, -0.25) is 4.72 Å². The molecule has 1 N–H and O–H groups in total. The first-order valence-corrected chi connectivity index (χ1v) is 9.33. The third-order valence-electron chi connectivity index (χ3n) is 3.41. The molecule has 2 aromatic rings. The molecule has 0 aliphatic heterocycles. The van der Waals surface area contributed by atoms with E-state index in [1.54, 1.807) is 12.1 Å². The molecule has 0 aromatic heterocycles. The quantitative estimate of drug-likeness (QED) is 0.745. The zero-order chi connectivity index (χ0) is 18.8. The van der Waals surface area contributed by atoms with Crippen LogP contribution in [0.1, 0.15) is 25.0 Å². The molecule has 0 unspecified atom stereocenters. The number of halogens is 4. The molecule has 0 saturated heterocycles. The van der Waals surface area contributed by atoms with E-state index in [9.17, 15) is 21.6 Å². The monoisotopic (exact) mass is 391 g/mol. The number of sulfonamides is 1. The lowest BCUT2D eigenvalue weighted by molar-refractivity contribution is -0.136. The number of rotatable bonds is 5. The predicted octanol–water partition coefficient (Wildman–Crippen LogP) is 5.36. The van der Waals surface area contributed by atoms with Crippen LogP contribution in [-0.4, -0.2) is 8.42 Å². The summed E-state index contributed by atoms with van der Waals surface area (Å²) in [5, 5.41) is -0.131. The maximum absolute atomic E-state index is 13.1. The van der Waals surface area contributed by atoms with Crippen molar-refractivity contribution in [1.82, 2.24) is 0 Å². The molecule has 0 spiro atoms. The van der Waals surface area contributed by atoms with Gasteiger partial charge in [0.15, 0.2) is 0 Å². The maximum atomic E-state index is 13.1. The second-order valence-electron chi connectivity index (χ2n) is 6.04. The van der Waals surface area contributed by atoms with Crippen molar-refractivity contribution in [2.45, 2.75) is 31.3 Å². The van der Waals surface area contributed by atoms with Crippen LogP contribution < -0.4 is 4.72 Å². The fourth-order valence-corrected chi connectivity index (χ4v) is 3.57. The van der Waals surface area contributed by atoms with Gasteiger partial charge in [0.25, 0.3) is 10.0 Å². The van der Waals surface area contributed by atoms with Gasteiger partial charge in [-0.15, -0.1) is 0 Å². The van der Waals surface area contributed by atoms with Crippen molar-refractivity contribution < 1.29 is 21.6 Å². The molecule has 25 heavy (non-hydrogen) atoms. The molecule has 136 valence electrons. The first-order chi connectivity index (χ1) is 11.5. The molecule has 8 heteroatoms. The third-order valence-corrected chi connectivity index (χ3v) is 5.03. The van der Waals surface area contributed by atoms with Crippen LogP contribution in [0.3, 0.4) is 0 Å². The minimum atomic E-state index is -4.73. The van der Waals surface area contributed by atoms with Crippen molar-refractivity contribution >= 4 is 27.3 Å². The Morgan fingerprint density at radius 3 is 2.20 bits per heavy atom. The van der Waals surface area contributed by atoms with Crippen molar-refractivity contribution in [3.05, 3.63) is 58.6 Å². The molecule has 0 saturated carbocycles. The predicted molar refractivity (Wildman–Crippen MR) is 92.2 cm³/mol. The highest BCUT2D eigenvalue weighted by Gasteiger charge is 2.35. The Kier molecular flexibility index (Phi) is 5.68. The smallest absolute Gasteiger partial charge is 0.279 e. The number of alkyl halides is 3. The number of nitrogens with one attached hydrogen (secondary N) is 1. The molecular formula is C17H17ClF3NO2S. The van der Waals surface area contributed by atoms with Gasteiger partial charge in [-0.2, -0.15) is 13.2 Å². The Labute approximate surface area is 149 Å². The number of hydrogen-bond acceptors (Lipinski definition) is 2. The fourth-order valence-electron chi connectivity index (χ4n) is 2.32. The summed E-state index contributed by atoms with van der Waals surface area (Å²) in [5.41, 5.74) is -0.750. The first-order valence-electron chi connectivity index (χ1n) is 7.47. The van der Waals surface area contributed by atoms with E-state index in [2.05, 4.69) is 0 Å². The molecule has 2 rings (SSSR count). The minimum absolute atomic E-state index is 0.108. The van der Waals surface area contributed by atoms with Crippen LogP contribution >= 0.6 is 11.6 Å². The lowest BCUT2D eigenvalue weighted by Gasteiger charge is -2.15. The van der Waals surface area contributed by atoms with Gasteiger partial charge < -0.3 is 0 Å². The second-order valence-corrected chi connectivity index (χ2v) is 8.15. The van der Waals surface area contributed by atoms with Crippen molar-refractivity contribution in [1.29, 1.82) is 0 Å². The van der Waals surface area contributed by atoms with Crippen LogP contribution in [0, 0.1) is 5.92 Å². The Bertz CT molecular complexity index is 847. The fraction of sp³-hybridized carbons (Fsp3) is 0.294. The van der Waals surface area contributed by atoms with Crippen LogP contribution in [0.25, 0.3) is 0 Å². The lowest BCUT2D eigenvalue weighted by atomic mass is 10.0. The van der Waals surface area contributed by atoms with Crippen LogP contribution in [0.2, 0.25) is 5.02 Å². The third kappa shape index (κ3) is 5.12. The standard InChI is InChI=1S/C17H17ClF3NO2S/c1-11(2)9-12-3-6-14(7-4-12)25(23,24)22-16-8-5-13(18)10-15(16)17(19,20)21/h3-8,10-11,22H,9H2,1-2H3. The second kappa shape index (κ2) is 7.25. The Morgan fingerprint density at radius 2 is 1.68 bits per heavy atom. The highest BCUT2D eigenvalue weighted by Crippen LogP contribution is 2.37. The Hall–Kier alpha value is -1.73. The van der Waals surface area contributed by atoms with E-state index in [0.717, 1.165) is 18.1 Å². The van der Waals surface area contributed by atoms with Crippen molar-refractivity contribution in [2.24, 2.45) is 5.92 Å². The molecule has 0 bridgehead atoms. The van der Waals surface area contributed by atoms with Crippen molar-refractivity contribution in [2.75, 3.05) is 4.72 Å². The summed E-state index contributed by atoms with van der Waals surface area (Å²) < 4.78 is 66.0. The van der Waals surface area contributed by atoms with Crippen LogP contribution in [0.5, 0.6) is 0 Å². The van der Waals surface area contributed by atoms with E-state index in [4.69, 9.17) is 11.6 Å². The first kappa shape index (κ1) is 19.6. The SMILES string of the molecule is CC(C)Cc1ccc(S(=O)(=O)Nc2ccc(Cl)cc2C(F)(F)F)cc1. The molecule has 0 atom stereocenters. The summed E-state index contributed by atoms with van der Waals surface area (Å²) in [7, 11) is -4.15. The van der Waals surface area contributed by atoms with E-state index >= 15 is 0 Å². The summed E-state index contributed by atoms with van der Waals surface area (Å²) in [4.78, 5) is -0.108. The molecule has 0 aliphatic rings. The molecule has 0 amide bonds. The zero-order valence-electron chi connectivity index (χ0n) is 13.6. The average Bonchev–Trinajstić information content (AvgIpc) is 2.48. The molecule has 2 aromatic carbocycles. The van der Waals surface area contributed by atoms with E-state index in [1.807, 2.05) is 18.6 Å². The molecule has 0 aliphatic carbocycles. The highest BCUT2D eigenvalue weighted by molar-refractivity contribution is 7.92. The van der Waals surface area contributed by atoms with E-state index in [0.29, 0.717) is 12.0 Å². The molecule has 0 fully saturated rings. The molecule has 3 nitrogen and oxygen atoms in total. The summed E-state index contributed by atoms with van der Waals surface area (Å²) in [5.74, 6) is 0.406. The topological polar surface area (TPSA) is 46.2 Å². The summed E-state index contributed by atoms with van der Waals surface area (Å²) in [6, 6.07) is 8.94. The van der Waals surface area contributed by atoms with Crippen LogP contribution in [0.4, 0.5) is 18.9 Å². The van der Waals surface area contributed by atoms with Crippen LogP contribution in [0.15, 0.2) is 47.4 Å². The van der Waals surface area contributed by atoms with E-state index < -0.39 is 27.5 Å². The van der Waals surface area contributed by atoms with Crippen molar-refractivity contribution in [3.8, 4) is 0 Å². The van der Waals surface area contributed by atoms with E-state index in [-0.39, 0.29) is 9.92 Å². The number of hydrogen-bond donors (Lipinski definition) is 1. The van der Waals surface area contributed by atoms with Gasteiger partial charge in [-0.25, -0.2) is 8.42 Å². The van der Waals surface area contributed by atoms with Gasteiger partial charge in [0.05, 0.1) is 16.1 Å².